The van der Waals surface area contributed by atoms with Crippen molar-refractivity contribution >= 4 is 29.0 Å². The summed E-state index contributed by atoms with van der Waals surface area (Å²) in [6, 6.07) is 17.5. The van der Waals surface area contributed by atoms with E-state index in [0.717, 1.165) is 33.6 Å². The van der Waals surface area contributed by atoms with Crippen LogP contribution in [0.25, 0.3) is 22.2 Å². The Morgan fingerprint density at radius 1 is 1.18 bits per heavy atom. The van der Waals surface area contributed by atoms with E-state index in [2.05, 4.69) is 21.1 Å². The van der Waals surface area contributed by atoms with Crippen LogP contribution < -0.4 is 10.6 Å². The highest BCUT2D eigenvalue weighted by molar-refractivity contribution is 6.10. The number of piperazine rings is 1. The minimum atomic E-state index is -0.558. The Morgan fingerprint density at radius 3 is 2.58 bits per heavy atom. The van der Waals surface area contributed by atoms with Crippen molar-refractivity contribution in [2.75, 3.05) is 44.7 Å². The average molecular weight is 535 g/mol. The van der Waals surface area contributed by atoms with Crippen molar-refractivity contribution in [2.45, 2.75) is 5.92 Å². The number of aliphatic hydroxyl groups is 1. The van der Waals surface area contributed by atoms with Gasteiger partial charge >= 0.3 is 0 Å². The van der Waals surface area contributed by atoms with Crippen LogP contribution in [0.2, 0.25) is 0 Å². The summed E-state index contributed by atoms with van der Waals surface area (Å²) in [5.74, 6) is 0.186. The van der Waals surface area contributed by atoms with E-state index in [0.29, 0.717) is 37.3 Å². The smallest absolute Gasteiger partial charge is 0.232 e. The minimum absolute atomic E-state index is 0.0614. The van der Waals surface area contributed by atoms with Gasteiger partial charge in [0, 0.05) is 80.3 Å². The molecule has 4 aromatic rings. The first-order chi connectivity index (χ1) is 19.6. The minimum Gasteiger partial charge on any atom is -0.404 e. The molecule has 1 aliphatic heterocycles. The highest BCUT2D eigenvalue weighted by atomic mass is 16.3. The summed E-state index contributed by atoms with van der Waals surface area (Å²) in [6.45, 7) is 2.13. The molecule has 0 spiro atoms. The lowest BCUT2D eigenvalue weighted by Crippen LogP contribution is -2.50. The summed E-state index contributed by atoms with van der Waals surface area (Å²) in [5.41, 5.74) is 11.0. The molecular formula is C30H30N8O2. The number of aliphatic hydroxyl groups excluding tert-OH is 1. The maximum Gasteiger partial charge on any atom is 0.232 e. The second kappa shape index (κ2) is 11.8. The van der Waals surface area contributed by atoms with E-state index in [9.17, 15) is 15.2 Å². The number of aliphatic imine (C=N–C) groups is 1. The largest absolute Gasteiger partial charge is 0.404 e. The maximum atomic E-state index is 13.1. The molecule has 1 aliphatic rings. The molecule has 202 valence electrons. The molecule has 0 aliphatic carbocycles. The fourth-order valence-electron chi connectivity index (χ4n) is 5.05. The van der Waals surface area contributed by atoms with Crippen molar-refractivity contribution in [3.63, 3.8) is 0 Å². The van der Waals surface area contributed by atoms with Gasteiger partial charge in [0.25, 0.3) is 0 Å². The number of benzene rings is 1. The number of carbonyl (C=O) groups excluding carboxylic acids is 1. The number of allylic oxidation sites excluding steroid dienone is 1. The van der Waals surface area contributed by atoms with Gasteiger partial charge in [0.15, 0.2) is 0 Å². The summed E-state index contributed by atoms with van der Waals surface area (Å²) in [5, 5.41) is 23.9. The molecule has 10 heteroatoms. The fourth-order valence-corrected chi connectivity index (χ4v) is 5.05. The molecule has 5 rings (SSSR count). The van der Waals surface area contributed by atoms with Crippen LogP contribution in [-0.4, -0.2) is 76.6 Å². The average Bonchev–Trinajstić information content (AvgIpc) is 3.44. The predicted molar refractivity (Wildman–Crippen MR) is 155 cm³/mol. The predicted octanol–water partition coefficient (Wildman–Crippen LogP) is 2.69. The number of rotatable bonds is 7. The van der Waals surface area contributed by atoms with Gasteiger partial charge in [-0.05, 0) is 23.8 Å². The van der Waals surface area contributed by atoms with Gasteiger partial charge in [-0.25, -0.2) is 9.50 Å². The molecule has 1 amide bonds. The van der Waals surface area contributed by atoms with Gasteiger partial charge in [-0.1, -0.05) is 30.3 Å². The second-order valence-electron chi connectivity index (χ2n) is 9.48. The zero-order chi connectivity index (χ0) is 28.1. The number of fused-ring (bicyclic) bond motifs is 1. The monoisotopic (exact) mass is 534 g/mol. The topological polar surface area (TPSA) is 136 Å². The Bertz CT molecular complexity index is 1590. The molecule has 1 aromatic carbocycles. The Kier molecular flexibility index (Phi) is 7.84. The van der Waals surface area contributed by atoms with E-state index >= 15 is 0 Å². The SMILES string of the molecule is CN=CC(=CN)c1cc(-c2ccc(N3CCN(C(=O)C(CO)c4ccccc4)CC3)nc2)c2c(C#N)cnn2c1. The molecule has 3 aromatic heterocycles. The third kappa shape index (κ3) is 5.15. The lowest BCUT2D eigenvalue weighted by Gasteiger charge is -2.37. The number of aromatic nitrogens is 3. The molecule has 0 radical (unpaired) electrons. The first-order valence-corrected chi connectivity index (χ1v) is 13.0. The third-order valence-corrected chi connectivity index (χ3v) is 7.17. The van der Waals surface area contributed by atoms with Crippen LogP contribution in [0.1, 0.15) is 22.6 Å². The number of nitrogens with two attached hydrogens (primary N) is 1. The zero-order valence-electron chi connectivity index (χ0n) is 22.2. The molecule has 4 heterocycles. The molecule has 1 saturated heterocycles. The maximum absolute atomic E-state index is 13.1. The normalized spacial score (nSPS) is 15.0. The number of anilines is 1. The number of hydrogen-bond acceptors (Lipinski definition) is 8. The number of carbonyl (C=O) groups is 1. The van der Waals surface area contributed by atoms with E-state index < -0.39 is 5.92 Å². The molecule has 1 unspecified atom stereocenters. The number of hydrogen-bond donors (Lipinski definition) is 2. The number of nitriles is 1. The molecule has 40 heavy (non-hydrogen) atoms. The van der Waals surface area contributed by atoms with Crippen molar-refractivity contribution in [2.24, 2.45) is 10.7 Å². The van der Waals surface area contributed by atoms with Crippen LogP contribution in [0.15, 0.2) is 78.3 Å². The summed E-state index contributed by atoms with van der Waals surface area (Å²) in [6.07, 6.45) is 8.32. The van der Waals surface area contributed by atoms with Crippen molar-refractivity contribution < 1.29 is 9.90 Å². The number of nitrogens with zero attached hydrogens (tertiary/aromatic N) is 7. The summed E-state index contributed by atoms with van der Waals surface area (Å²) < 4.78 is 1.68. The van der Waals surface area contributed by atoms with Gasteiger partial charge in [0.2, 0.25) is 5.91 Å². The Morgan fingerprint density at radius 2 is 1.95 bits per heavy atom. The van der Waals surface area contributed by atoms with Gasteiger partial charge in [-0.2, -0.15) is 10.4 Å². The van der Waals surface area contributed by atoms with Crippen LogP contribution in [-0.2, 0) is 4.79 Å². The van der Waals surface area contributed by atoms with Crippen LogP contribution in [0.3, 0.4) is 0 Å². The molecular weight excluding hydrogens is 504 g/mol. The van der Waals surface area contributed by atoms with Gasteiger partial charge in [-0.15, -0.1) is 0 Å². The fraction of sp³-hybridized carbons (Fsp3) is 0.233. The van der Waals surface area contributed by atoms with E-state index in [1.807, 2.05) is 59.6 Å². The zero-order valence-corrected chi connectivity index (χ0v) is 22.2. The van der Waals surface area contributed by atoms with Crippen LogP contribution in [0, 0.1) is 11.3 Å². The third-order valence-electron chi connectivity index (χ3n) is 7.17. The van der Waals surface area contributed by atoms with Crippen LogP contribution in [0.5, 0.6) is 0 Å². The first kappa shape index (κ1) is 26.6. The standard InChI is InChI=1S/C30H30N8O2/c1-33-16-24(14-31)23-13-26(29-25(15-32)18-35-38(29)19-23)22-7-8-28(34-17-22)36-9-11-37(12-10-36)30(40)27(20-39)21-5-3-2-4-6-21/h2-8,13-14,16-19,27,39H,9-12,20,31H2,1H3. The van der Waals surface area contributed by atoms with E-state index in [1.165, 1.54) is 6.20 Å². The van der Waals surface area contributed by atoms with Crippen LogP contribution in [0.4, 0.5) is 5.82 Å². The summed E-state index contributed by atoms with van der Waals surface area (Å²) in [4.78, 5) is 25.9. The lowest BCUT2D eigenvalue weighted by atomic mass is 9.98. The first-order valence-electron chi connectivity index (χ1n) is 13.0. The summed E-state index contributed by atoms with van der Waals surface area (Å²) in [7, 11) is 1.68. The van der Waals surface area contributed by atoms with Crippen molar-refractivity contribution in [3.05, 3.63) is 90.0 Å². The van der Waals surface area contributed by atoms with Gasteiger partial charge in [0.05, 0.1) is 29.8 Å². The molecule has 10 nitrogen and oxygen atoms in total. The molecule has 0 bridgehead atoms. The number of amides is 1. The Balaban J connectivity index is 1.36. The lowest BCUT2D eigenvalue weighted by molar-refractivity contribution is -0.134. The van der Waals surface area contributed by atoms with Crippen molar-refractivity contribution in [1.29, 1.82) is 5.26 Å². The molecule has 3 N–H and O–H groups in total. The van der Waals surface area contributed by atoms with E-state index in [1.54, 1.807) is 30.2 Å². The van der Waals surface area contributed by atoms with Gasteiger partial charge < -0.3 is 20.6 Å². The van der Waals surface area contributed by atoms with Gasteiger partial charge in [-0.3, -0.25) is 9.79 Å². The molecule has 1 fully saturated rings. The molecule has 1 atom stereocenters. The van der Waals surface area contributed by atoms with Gasteiger partial charge in [0.1, 0.15) is 11.9 Å². The van der Waals surface area contributed by atoms with Crippen LogP contribution >= 0.6 is 0 Å². The van der Waals surface area contributed by atoms with Crippen molar-refractivity contribution in [1.82, 2.24) is 19.5 Å². The van der Waals surface area contributed by atoms with E-state index in [-0.39, 0.29) is 12.5 Å². The Labute approximate surface area is 232 Å². The summed E-state index contributed by atoms with van der Waals surface area (Å²) >= 11 is 0. The van der Waals surface area contributed by atoms with Crippen molar-refractivity contribution in [3.8, 4) is 17.2 Å². The Hall–Kier alpha value is -5.01. The number of pyridine rings is 2. The molecule has 0 saturated carbocycles. The highest BCUT2D eigenvalue weighted by Gasteiger charge is 2.28. The van der Waals surface area contributed by atoms with E-state index in [4.69, 9.17) is 10.7 Å². The highest BCUT2D eigenvalue weighted by Crippen LogP contribution is 2.31. The second-order valence-corrected chi connectivity index (χ2v) is 9.48. The quantitative estimate of drug-likeness (QED) is 0.348.